The number of nitrogens with zero attached hydrogens (tertiary/aromatic N) is 4. The van der Waals surface area contributed by atoms with E-state index in [1.807, 2.05) is 13.0 Å². The SMILES string of the molecule is Cc1cc(NCCCOc2ccc(Cl)cc2Cl)n2ncnc2n1. The number of aromatic nitrogens is 4. The van der Waals surface area contributed by atoms with Crippen molar-refractivity contribution in [3.63, 3.8) is 0 Å². The van der Waals surface area contributed by atoms with Crippen LogP contribution in [0.15, 0.2) is 30.6 Å². The highest BCUT2D eigenvalue weighted by molar-refractivity contribution is 6.35. The molecule has 0 fully saturated rings. The predicted octanol–water partition coefficient (Wildman–Crippen LogP) is 3.62. The molecule has 8 heteroatoms. The largest absolute Gasteiger partial charge is 0.492 e. The van der Waals surface area contributed by atoms with Gasteiger partial charge in [0.1, 0.15) is 17.9 Å². The predicted molar refractivity (Wildman–Crippen MR) is 90.6 cm³/mol. The number of anilines is 1. The number of hydrogen-bond donors (Lipinski definition) is 1. The van der Waals surface area contributed by atoms with Gasteiger partial charge in [-0.15, -0.1) is 0 Å². The fraction of sp³-hybridized carbons (Fsp3) is 0.267. The van der Waals surface area contributed by atoms with Crippen LogP contribution in [0.1, 0.15) is 12.1 Å². The molecule has 23 heavy (non-hydrogen) atoms. The van der Waals surface area contributed by atoms with E-state index < -0.39 is 0 Å². The van der Waals surface area contributed by atoms with E-state index in [1.165, 1.54) is 6.33 Å². The van der Waals surface area contributed by atoms with Crippen molar-refractivity contribution in [1.29, 1.82) is 0 Å². The van der Waals surface area contributed by atoms with Crippen LogP contribution in [0.25, 0.3) is 5.78 Å². The zero-order chi connectivity index (χ0) is 16.2. The fourth-order valence-corrected chi connectivity index (χ4v) is 2.58. The molecule has 0 bridgehead atoms. The number of ether oxygens (including phenoxy) is 1. The highest BCUT2D eigenvalue weighted by Gasteiger charge is 2.05. The van der Waals surface area contributed by atoms with Crippen LogP contribution in [-0.4, -0.2) is 32.7 Å². The molecule has 0 amide bonds. The summed E-state index contributed by atoms with van der Waals surface area (Å²) in [5.74, 6) is 2.07. The van der Waals surface area contributed by atoms with Crippen LogP contribution in [0.4, 0.5) is 5.82 Å². The summed E-state index contributed by atoms with van der Waals surface area (Å²) in [6, 6.07) is 7.11. The summed E-state index contributed by atoms with van der Waals surface area (Å²) < 4.78 is 7.32. The molecule has 6 nitrogen and oxygen atoms in total. The molecule has 0 aliphatic carbocycles. The Morgan fingerprint density at radius 2 is 2.13 bits per heavy atom. The van der Waals surface area contributed by atoms with E-state index >= 15 is 0 Å². The number of benzene rings is 1. The van der Waals surface area contributed by atoms with Crippen LogP contribution in [0.2, 0.25) is 10.0 Å². The molecule has 1 N–H and O–H groups in total. The summed E-state index contributed by atoms with van der Waals surface area (Å²) in [4.78, 5) is 8.39. The normalized spacial score (nSPS) is 10.9. The van der Waals surface area contributed by atoms with Gasteiger partial charge >= 0.3 is 0 Å². The van der Waals surface area contributed by atoms with Gasteiger partial charge in [0.15, 0.2) is 0 Å². The third-order valence-electron chi connectivity index (χ3n) is 3.16. The first-order valence-corrected chi connectivity index (χ1v) is 7.88. The number of aryl methyl sites for hydroxylation is 1. The summed E-state index contributed by atoms with van der Waals surface area (Å²) >= 11 is 11.9. The molecule has 0 saturated carbocycles. The molecule has 3 rings (SSSR count). The zero-order valence-corrected chi connectivity index (χ0v) is 14.0. The Hall–Kier alpha value is -2.05. The van der Waals surface area contributed by atoms with Crippen LogP contribution in [0.5, 0.6) is 5.75 Å². The van der Waals surface area contributed by atoms with Gasteiger partial charge < -0.3 is 10.1 Å². The first-order chi connectivity index (χ1) is 11.1. The second-order valence-electron chi connectivity index (χ2n) is 4.96. The molecule has 0 atom stereocenters. The minimum Gasteiger partial charge on any atom is -0.492 e. The monoisotopic (exact) mass is 351 g/mol. The fourth-order valence-electron chi connectivity index (χ4n) is 2.12. The van der Waals surface area contributed by atoms with Gasteiger partial charge in [-0.05, 0) is 31.5 Å². The number of nitrogens with one attached hydrogen (secondary N) is 1. The Morgan fingerprint density at radius 1 is 1.26 bits per heavy atom. The third-order valence-corrected chi connectivity index (χ3v) is 3.69. The summed E-state index contributed by atoms with van der Waals surface area (Å²) in [7, 11) is 0. The van der Waals surface area contributed by atoms with Gasteiger partial charge in [-0.3, -0.25) is 0 Å². The molecule has 0 spiro atoms. The summed E-state index contributed by atoms with van der Waals surface area (Å²) in [5.41, 5.74) is 0.886. The van der Waals surface area contributed by atoms with Crippen molar-refractivity contribution in [3.8, 4) is 5.75 Å². The summed E-state index contributed by atoms with van der Waals surface area (Å²) in [5, 5.41) is 8.56. The van der Waals surface area contributed by atoms with Gasteiger partial charge in [0.05, 0.1) is 11.6 Å². The molecule has 120 valence electrons. The highest BCUT2D eigenvalue weighted by Crippen LogP contribution is 2.27. The lowest BCUT2D eigenvalue weighted by Crippen LogP contribution is -2.11. The summed E-state index contributed by atoms with van der Waals surface area (Å²) in [6.07, 6.45) is 2.29. The number of hydrogen-bond acceptors (Lipinski definition) is 5. The first-order valence-electron chi connectivity index (χ1n) is 7.12. The molecule has 1 aromatic carbocycles. The Balaban J connectivity index is 1.52. The molecule has 0 radical (unpaired) electrons. The number of halogens is 2. The maximum absolute atomic E-state index is 6.06. The second-order valence-corrected chi connectivity index (χ2v) is 5.80. The van der Waals surface area contributed by atoms with Crippen LogP contribution < -0.4 is 10.1 Å². The molecular formula is C15H15Cl2N5O. The molecule has 3 aromatic rings. The quantitative estimate of drug-likeness (QED) is 0.687. The van der Waals surface area contributed by atoms with Gasteiger partial charge in [0.2, 0.25) is 0 Å². The van der Waals surface area contributed by atoms with Gasteiger partial charge in [-0.1, -0.05) is 23.2 Å². The lowest BCUT2D eigenvalue weighted by atomic mass is 10.3. The summed E-state index contributed by atoms with van der Waals surface area (Å²) in [6.45, 7) is 3.19. The molecule has 0 unspecified atom stereocenters. The number of fused-ring (bicyclic) bond motifs is 1. The molecule has 0 aliphatic rings. The zero-order valence-electron chi connectivity index (χ0n) is 12.5. The van der Waals surface area contributed by atoms with Crippen molar-refractivity contribution in [1.82, 2.24) is 19.6 Å². The third kappa shape index (κ3) is 3.83. The lowest BCUT2D eigenvalue weighted by molar-refractivity contribution is 0.315. The lowest BCUT2D eigenvalue weighted by Gasteiger charge is -2.10. The first kappa shape index (κ1) is 15.8. The van der Waals surface area contributed by atoms with Crippen LogP contribution in [0.3, 0.4) is 0 Å². The van der Waals surface area contributed by atoms with E-state index in [0.29, 0.717) is 28.2 Å². The van der Waals surface area contributed by atoms with Crippen LogP contribution in [-0.2, 0) is 0 Å². The number of rotatable bonds is 6. The van der Waals surface area contributed by atoms with E-state index in [0.717, 1.165) is 24.5 Å². The van der Waals surface area contributed by atoms with Crippen LogP contribution in [0, 0.1) is 6.92 Å². The molecule has 0 saturated heterocycles. The minimum atomic E-state index is 0.513. The average molecular weight is 352 g/mol. The van der Waals surface area contributed by atoms with E-state index in [1.54, 1.807) is 22.7 Å². The van der Waals surface area contributed by atoms with Crippen molar-refractivity contribution in [2.45, 2.75) is 13.3 Å². The van der Waals surface area contributed by atoms with Gasteiger partial charge in [-0.25, -0.2) is 4.98 Å². The molecule has 2 heterocycles. The average Bonchev–Trinajstić information content (AvgIpc) is 2.97. The van der Waals surface area contributed by atoms with Crippen molar-refractivity contribution < 1.29 is 4.74 Å². The van der Waals surface area contributed by atoms with Gasteiger partial charge in [0, 0.05) is 23.3 Å². The maximum atomic E-state index is 6.06. The Morgan fingerprint density at radius 3 is 2.96 bits per heavy atom. The van der Waals surface area contributed by atoms with Gasteiger partial charge in [-0.2, -0.15) is 14.6 Å². The molecular weight excluding hydrogens is 337 g/mol. The van der Waals surface area contributed by atoms with Gasteiger partial charge in [0.25, 0.3) is 5.78 Å². The van der Waals surface area contributed by atoms with E-state index in [4.69, 9.17) is 27.9 Å². The highest BCUT2D eigenvalue weighted by atomic mass is 35.5. The Labute approximate surface area is 143 Å². The van der Waals surface area contributed by atoms with Crippen molar-refractivity contribution >= 4 is 34.8 Å². The van der Waals surface area contributed by atoms with Crippen molar-refractivity contribution in [2.24, 2.45) is 0 Å². The maximum Gasteiger partial charge on any atom is 0.254 e. The van der Waals surface area contributed by atoms with E-state index in [-0.39, 0.29) is 0 Å². The van der Waals surface area contributed by atoms with Crippen LogP contribution >= 0.6 is 23.2 Å². The topological polar surface area (TPSA) is 64.3 Å². The Kier molecular flexibility index (Phi) is 4.83. The smallest absolute Gasteiger partial charge is 0.254 e. The Bertz CT molecular complexity index is 821. The minimum absolute atomic E-state index is 0.513. The standard InChI is InChI=1S/C15H15Cl2N5O/c1-10-7-14(22-15(21-10)19-9-20-22)18-5-2-6-23-13-4-3-11(16)8-12(13)17/h3-4,7-9,18H,2,5-6H2,1H3. The second kappa shape index (κ2) is 7.02. The van der Waals surface area contributed by atoms with E-state index in [9.17, 15) is 0 Å². The van der Waals surface area contributed by atoms with E-state index in [2.05, 4.69) is 20.4 Å². The molecule has 0 aliphatic heterocycles. The molecule has 2 aromatic heterocycles. The van der Waals surface area contributed by atoms with Crippen molar-refractivity contribution in [2.75, 3.05) is 18.5 Å². The van der Waals surface area contributed by atoms with Crippen molar-refractivity contribution in [3.05, 3.63) is 46.3 Å².